The van der Waals surface area contributed by atoms with Gasteiger partial charge >= 0.3 is 0 Å². The van der Waals surface area contributed by atoms with Gasteiger partial charge in [0.25, 0.3) is 0 Å². The van der Waals surface area contributed by atoms with Crippen LogP contribution in [0.5, 0.6) is 0 Å². The molecule has 1 nitrogen and oxygen atoms in total. The van der Waals surface area contributed by atoms with Crippen LogP contribution in [0, 0.1) is 6.92 Å². The molecule has 1 fully saturated rings. The van der Waals surface area contributed by atoms with E-state index < -0.39 is 0 Å². The molecule has 1 saturated carbocycles. The Morgan fingerprint density at radius 1 is 1.16 bits per heavy atom. The second kappa shape index (κ2) is 5.48. The third kappa shape index (κ3) is 3.26. The Morgan fingerprint density at radius 3 is 2.68 bits per heavy atom. The first-order valence-corrected chi connectivity index (χ1v) is 7.60. The van der Waals surface area contributed by atoms with E-state index in [9.17, 15) is 0 Å². The van der Waals surface area contributed by atoms with Crippen molar-refractivity contribution in [2.75, 3.05) is 0 Å². The molecule has 0 unspecified atom stereocenters. The molecule has 1 N–H and O–H groups in total. The van der Waals surface area contributed by atoms with Crippen molar-refractivity contribution in [3.8, 4) is 11.1 Å². The maximum atomic E-state index is 3.56. The fourth-order valence-corrected chi connectivity index (χ4v) is 2.76. The van der Waals surface area contributed by atoms with Gasteiger partial charge in [-0.15, -0.1) is 0 Å². The van der Waals surface area contributed by atoms with Crippen LogP contribution in [-0.4, -0.2) is 6.04 Å². The lowest BCUT2D eigenvalue weighted by Gasteiger charge is -2.10. The largest absolute Gasteiger partial charge is 0.310 e. The lowest BCUT2D eigenvalue weighted by atomic mass is 9.98. The Kier molecular flexibility index (Phi) is 3.72. The van der Waals surface area contributed by atoms with Gasteiger partial charge in [0.2, 0.25) is 0 Å². The number of aryl methyl sites for hydroxylation is 1. The monoisotopic (exact) mass is 315 g/mol. The maximum Gasteiger partial charge on any atom is 0.0208 e. The second-order valence-electron chi connectivity index (χ2n) is 5.31. The summed E-state index contributed by atoms with van der Waals surface area (Å²) in [5.74, 6) is 0. The van der Waals surface area contributed by atoms with Crippen LogP contribution in [0.1, 0.15) is 24.0 Å². The van der Waals surface area contributed by atoms with E-state index in [0.717, 1.165) is 17.1 Å². The van der Waals surface area contributed by atoms with Gasteiger partial charge in [-0.1, -0.05) is 46.3 Å². The molecule has 0 amide bonds. The fourth-order valence-electron chi connectivity index (χ4n) is 2.37. The average Bonchev–Trinajstić information content (AvgIpc) is 3.20. The van der Waals surface area contributed by atoms with E-state index in [-0.39, 0.29) is 0 Å². The summed E-state index contributed by atoms with van der Waals surface area (Å²) in [6, 6.07) is 16.0. The topological polar surface area (TPSA) is 12.0 Å². The summed E-state index contributed by atoms with van der Waals surface area (Å²) in [4.78, 5) is 0. The van der Waals surface area contributed by atoms with Crippen LogP contribution < -0.4 is 5.32 Å². The highest BCUT2D eigenvalue weighted by molar-refractivity contribution is 9.10. The summed E-state index contributed by atoms with van der Waals surface area (Å²) in [6.45, 7) is 3.18. The van der Waals surface area contributed by atoms with Crippen LogP contribution in [0.15, 0.2) is 46.9 Å². The van der Waals surface area contributed by atoms with Crippen molar-refractivity contribution in [3.63, 3.8) is 0 Å². The van der Waals surface area contributed by atoms with Crippen LogP contribution >= 0.6 is 15.9 Å². The van der Waals surface area contributed by atoms with Gasteiger partial charge in [0.15, 0.2) is 0 Å². The molecular weight excluding hydrogens is 298 g/mol. The van der Waals surface area contributed by atoms with Crippen LogP contribution in [0.4, 0.5) is 0 Å². The molecule has 19 heavy (non-hydrogen) atoms. The molecule has 0 aromatic heterocycles. The quantitative estimate of drug-likeness (QED) is 0.864. The highest BCUT2D eigenvalue weighted by atomic mass is 79.9. The molecule has 0 heterocycles. The number of hydrogen-bond donors (Lipinski definition) is 1. The maximum absolute atomic E-state index is 3.56. The van der Waals surface area contributed by atoms with E-state index in [0.29, 0.717) is 0 Å². The lowest BCUT2D eigenvalue weighted by Crippen LogP contribution is -2.15. The zero-order valence-corrected chi connectivity index (χ0v) is 12.7. The van der Waals surface area contributed by atoms with Crippen LogP contribution in [0.3, 0.4) is 0 Å². The van der Waals surface area contributed by atoms with E-state index in [1.54, 1.807) is 0 Å². The Balaban J connectivity index is 1.82. The zero-order valence-electron chi connectivity index (χ0n) is 11.1. The number of rotatable bonds is 4. The van der Waals surface area contributed by atoms with Gasteiger partial charge < -0.3 is 5.32 Å². The lowest BCUT2D eigenvalue weighted by molar-refractivity contribution is 0.687. The number of halogens is 1. The first-order valence-electron chi connectivity index (χ1n) is 6.81. The molecule has 0 radical (unpaired) electrons. The minimum atomic E-state index is 0.769. The van der Waals surface area contributed by atoms with E-state index in [1.807, 2.05) is 0 Å². The molecule has 2 heteroatoms. The van der Waals surface area contributed by atoms with E-state index in [4.69, 9.17) is 0 Å². The summed E-state index contributed by atoms with van der Waals surface area (Å²) in [7, 11) is 0. The van der Waals surface area contributed by atoms with Gasteiger partial charge in [0, 0.05) is 17.1 Å². The van der Waals surface area contributed by atoms with Crippen LogP contribution in [0.2, 0.25) is 0 Å². The van der Waals surface area contributed by atoms with Crippen molar-refractivity contribution in [2.45, 2.75) is 32.4 Å². The molecule has 0 spiro atoms. The predicted molar refractivity (Wildman–Crippen MR) is 84.2 cm³/mol. The molecule has 2 aromatic rings. The first kappa shape index (κ1) is 12.9. The molecular formula is C17H18BrN. The highest BCUT2D eigenvalue weighted by Crippen LogP contribution is 2.27. The SMILES string of the molecule is Cc1cc(CNC2CC2)ccc1-c1cccc(Br)c1. The third-order valence-electron chi connectivity index (χ3n) is 3.60. The number of nitrogens with one attached hydrogen (secondary N) is 1. The molecule has 0 aliphatic heterocycles. The Bertz CT molecular complexity index is 588. The normalized spacial score (nSPS) is 14.6. The van der Waals surface area contributed by atoms with Crippen molar-refractivity contribution in [1.82, 2.24) is 5.32 Å². The molecule has 3 rings (SSSR count). The van der Waals surface area contributed by atoms with Gasteiger partial charge in [-0.2, -0.15) is 0 Å². The molecule has 1 aliphatic rings. The van der Waals surface area contributed by atoms with Crippen LogP contribution in [-0.2, 0) is 6.54 Å². The first-order chi connectivity index (χ1) is 9.22. The van der Waals surface area contributed by atoms with Crippen molar-refractivity contribution < 1.29 is 0 Å². The van der Waals surface area contributed by atoms with Gasteiger partial charge in [0.05, 0.1) is 0 Å². The molecule has 2 aromatic carbocycles. The molecule has 0 atom stereocenters. The van der Waals surface area contributed by atoms with E-state index >= 15 is 0 Å². The number of benzene rings is 2. The molecule has 98 valence electrons. The average molecular weight is 316 g/mol. The van der Waals surface area contributed by atoms with Gasteiger partial charge in [-0.25, -0.2) is 0 Å². The second-order valence-corrected chi connectivity index (χ2v) is 6.23. The summed E-state index contributed by atoms with van der Waals surface area (Å²) in [5, 5.41) is 3.56. The minimum absolute atomic E-state index is 0.769. The van der Waals surface area contributed by atoms with E-state index in [2.05, 4.69) is 70.6 Å². The third-order valence-corrected chi connectivity index (χ3v) is 4.09. The van der Waals surface area contributed by atoms with Crippen molar-refractivity contribution in [3.05, 3.63) is 58.1 Å². The standard InChI is InChI=1S/C17H18BrN/c1-12-9-13(11-19-16-6-7-16)5-8-17(12)14-3-2-4-15(18)10-14/h2-5,8-10,16,19H,6-7,11H2,1H3. The summed E-state index contributed by atoms with van der Waals surface area (Å²) < 4.78 is 1.13. The summed E-state index contributed by atoms with van der Waals surface area (Å²) >= 11 is 3.54. The van der Waals surface area contributed by atoms with Crippen LogP contribution in [0.25, 0.3) is 11.1 Å². The van der Waals surface area contributed by atoms with Crippen molar-refractivity contribution in [1.29, 1.82) is 0 Å². The van der Waals surface area contributed by atoms with Gasteiger partial charge in [-0.05, 0) is 54.2 Å². The van der Waals surface area contributed by atoms with Crippen molar-refractivity contribution in [2.24, 2.45) is 0 Å². The van der Waals surface area contributed by atoms with Gasteiger partial charge in [0.1, 0.15) is 0 Å². The smallest absolute Gasteiger partial charge is 0.0208 e. The van der Waals surface area contributed by atoms with Crippen molar-refractivity contribution >= 4 is 15.9 Å². The Morgan fingerprint density at radius 2 is 2.00 bits per heavy atom. The summed E-state index contributed by atoms with van der Waals surface area (Å²) in [5.41, 5.74) is 5.31. The van der Waals surface area contributed by atoms with E-state index in [1.165, 1.54) is 35.1 Å². The molecule has 0 saturated heterocycles. The fraction of sp³-hybridized carbons (Fsp3) is 0.294. The summed E-state index contributed by atoms with van der Waals surface area (Å²) in [6.07, 6.45) is 2.68. The number of hydrogen-bond acceptors (Lipinski definition) is 1. The Labute approximate surface area is 123 Å². The molecule has 0 bridgehead atoms. The predicted octanol–water partition coefficient (Wildman–Crippen LogP) is 4.68. The van der Waals surface area contributed by atoms with Gasteiger partial charge in [-0.3, -0.25) is 0 Å². The molecule has 1 aliphatic carbocycles. The highest BCUT2D eigenvalue weighted by Gasteiger charge is 2.19. The Hall–Kier alpha value is -1.12. The minimum Gasteiger partial charge on any atom is -0.310 e. The zero-order chi connectivity index (χ0) is 13.2.